The predicted octanol–water partition coefficient (Wildman–Crippen LogP) is 3.79. The van der Waals surface area contributed by atoms with Crippen molar-refractivity contribution in [2.75, 3.05) is 0 Å². The molecule has 128 valence electrons. The number of carbonyl (C=O) groups excluding carboxylic acids is 1. The topological polar surface area (TPSA) is 90.2 Å². The van der Waals surface area contributed by atoms with Crippen molar-refractivity contribution in [1.29, 1.82) is 5.26 Å². The average molecular weight is 357 g/mol. The second kappa shape index (κ2) is 7.37. The predicted molar refractivity (Wildman–Crippen MR) is 94.2 cm³/mol. The van der Waals surface area contributed by atoms with Crippen molar-refractivity contribution < 1.29 is 14.7 Å². The van der Waals surface area contributed by atoms with E-state index in [2.05, 4.69) is 5.32 Å². The fourth-order valence-corrected chi connectivity index (χ4v) is 2.60. The minimum Gasteiger partial charge on any atom is -0.481 e. The van der Waals surface area contributed by atoms with Crippen LogP contribution in [0.5, 0.6) is 0 Å². The van der Waals surface area contributed by atoms with E-state index >= 15 is 0 Å². The summed E-state index contributed by atoms with van der Waals surface area (Å²) in [7, 11) is 0. The first-order valence-electron chi connectivity index (χ1n) is 7.55. The summed E-state index contributed by atoms with van der Waals surface area (Å²) in [5.74, 6) is -1.47. The fourth-order valence-electron chi connectivity index (χ4n) is 2.40. The molecule has 0 saturated heterocycles. The molecule has 0 aliphatic carbocycles. The fraction of sp³-hybridized carbons (Fsp3) is 0.211. The third-order valence-electron chi connectivity index (χ3n) is 4.01. The van der Waals surface area contributed by atoms with Crippen molar-refractivity contribution in [2.45, 2.75) is 19.9 Å². The van der Waals surface area contributed by atoms with Crippen LogP contribution in [-0.4, -0.2) is 17.0 Å². The van der Waals surface area contributed by atoms with Crippen LogP contribution < -0.4 is 5.32 Å². The van der Waals surface area contributed by atoms with Gasteiger partial charge in [-0.3, -0.25) is 9.59 Å². The van der Waals surface area contributed by atoms with E-state index in [9.17, 15) is 14.7 Å². The van der Waals surface area contributed by atoms with Gasteiger partial charge in [-0.1, -0.05) is 23.7 Å². The van der Waals surface area contributed by atoms with E-state index in [0.717, 1.165) is 0 Å². The lowest BCUT2D eigenvalue weighted by Crippen LogP contribution is -2.42. The number of carboxylic acids is 1. The highest BCUT2D eigenvalue weighted by atomic mass is 35.5. The molecule has 0 aromatic heterocycles. The number of benzene rings is 2. The van der Waals surface area contributed by atoms with Gasteiger partial charge in [0, 0.05) is 10.6 Å². The molecular formula is C19H17ClN2O3. The van der Waals surface area contributed by atoms with Crippen LogP contribution in [0.2, 0.25) is 5.02 Å². The molecule has 1 unspecified atom stereocenters. The molecule has 0 aliphatic heterocycles. The molecule has 1 amide bonds. The van der Waals surface area contributed by atoms with Gasteiger partial charge in [0.25, 0.3) is 5.91 Å². The second-order valence-corrected chi connectivity index (χ2v) is 6.61. The highest BCUT2D eigenvalue weighted by Gasteiger charge is 2.39. The number of nitrogens with one attached hydrogen (secondary N) is 1. The molecule has 0 aliphatic rings. The minimum absolute atomic E-state index is 0.340. The standard InChI is InChI=1S/C19H17ClN2O3/c1-19(2,18(24)25)16(14-4-3-5-15(20)10-14)22-17(23)13-8-6-12(11-21)7-9-13/h3-10,16H,1-2H3,(H,22,23)(H,24,25). The van der Waals surface area contributed by atoms with E-state index in [1.165, 1.54) is 24.3 Å². The normalized spacial score (nSPS) is 12.1. The van der Waals surface area contributed by atoms with Crippen LogP contribution in [0.3, 0.4) is 0 Å². The highest BCUT2D eigenvalue weighted by molar-refractivity contribution is 6.30. The van der Waals surface area contributed by atoms with Crippen LogP contribution in [0.1, 0.15) is 41.4 Å². The molecule has 25 heavy (non-hydrogen) atoms. The van der Waals surface area contributed by atoms with Gasteiger partial charge in [-0.05, 0) is 55.8 Å². The van der Waals surface area contributed by atoms with E-state index in [0.29, 0.717) is 21.7 Å². The molecule has 2 aromatic rings. The summed E-state index contributed by atoms with van der Waals surface area (Å²) in [6, 6.07) is 14.1. The summed E-state index contributed by atoms with van der Waals surface area (Å²) >= 11 is 6.01. The average Bonchev–Trinajstić information content (AvgIpc) is 2.59. The molecule has 6 heteroatoms. The lowest BCUT2D eigenvalue weighted by molar-refractivity contribution is -0.148. The summed E-state index contributed by atoms with van der Waals surface area (Å²) in [6.07, 6.45) is 0. The molecule has 0 bridgehead atoms. The third-order valence-corrected chi connectivity index (χ3v) is 4.24. The number of carbonyl (C=O) groups is 2. The van der Waals surface area contributed by atoms with Crippen LogP contribution in [0.4, 0.5) is 0 Å². The molecule has 2 rings (SSSR count). The Kier molecular flexibility index (Phi) is 5.45. The number of nitriles is 1. The van der Waals surface area contributed by atoms with Gasteiger partial charge in [0.05, 0.1) is 23.1 Å². The molecule has 0 spiro atoms. The van der Waals surface area contributed by atoms with E-state index < -0.39 is 23.3 Å². The first-order valence-corrected chi connectivity index (χ1v) is 7.93. The monoisotopic (exact) mass is 356 g/mol. The lowest BCUT2D eigenvalue weighted by Gasteiger charge is -2.31. The number of hydrogen-bond donors (Lipinski definition) is 2. The maximum absolute atomic E-state index is 12.6. The molecule has 5 nitrogen and oxygen atoms in total. The van der Waals surface area contributed by atoms with E-state index in [1.54, 1.807) is 38.1 Å². The van der Waals surface area contributed by atoms with Crippen LogP contribution in [0, 0.1) is 16.7 Å². The SMILES string of the molecule is CC(C)(C(=O)O)C(NC(=O)c1ccc(C#N)cc1)c1cccc(Cl)c1. The third kappa shape index (κ3) is 4.17. The first kappa shape index (κ1) is 18.5. The maximum atomic E-state index is 12.6. The van der Waals surface area contributed by atoms with E-state index in [4.69, 9.17) is 16.9 Å². The Labute approximate surface area is 150 Å². The van der Waals surface area contributed by atoms with Crippen LogP contribution in [0.25, 0.3) is 0 Å². The summed E-state index contributed by atoms with van der Waals surface area (Å²) < 4.78 is 0. The minimum atomic E-state index is -1.26. The number of rotatable bonds is 5. The van der Waals surface area contributed by atoms with Gasteiger partial charge in [-0.2, -0.15) is 5.26 Å². The quantitative estimate of drug-likeness (QED) is 0.852. The Morgan fingerprint density at radius 2 is 1.84 bits per heavy atom. The second-order valence-electron chi connectivity index (χ2n) is 6.18. The Bertz CT molecular complexity index is 838. The van der Waals surface area contributed by atoms with Crippen LogP contribution >= 0.6 is 11.6 Å². The number of nitrogens with zero attached hydrogens (tertiary/aromatic N) is 1. The number of halogens is 1. The van der Waals surface area contributed by atoms with Gasteiger partial charge in [0.2, 0.25) is 0 Å². The first-order chi connectivity index (χ1) is 11.8. The number of amides is 1. The van der Waals surface area contributed by atoms with E-state index in [1.807, 2.05) is 6.07 Å². The molecule has 0 heterocycles. The number of aliphatic carboxylic acids is 1. The van der Waals surface area contributed by atoms with Gasteiger partial charge in [-0.15, -0.1) is 0 Å². The zero-order valence-electron chi connectivity index (χ0n) is 13.8. The maximum Gasteiger partial charge on any atom is 0.311 e. The number of hydrogen-bond acceptors (Lipinski definition) is 3. The Morgan fingerprint density at radius 3 is 2.36 bits per heavy atom. The molecule has 1 atom stereocenters. The lowest BCUT2D eigenvalue weighted by atomic mass is 9.80. The van der Waals surface area contributed by atoms with Crippen molar-refractivity contribution in [3.8, 4) is 6.07 Å². The Morgan fingerprint density at radius 1 is 1.20 bits per heavy atom. The molecule has 2 N–H and O–H groups in total. The van der Waals surface area contributed by atoms with Gasteiger partial charge in [-0.25, -0.2) is 0 Å². The molecule has 0 fully saturated rings. The van der Waals surface area contributed by atoms with Gasteiger partial charge in [0.1, 0.15) is 0 Å². The van der Waals surface area contributed by atoms with Crippen LogP contribution in [0.15, 0.2) is 48.5 Å². The molecule has 2 aromatic carbocycles. The van der Waals surface area contributed by atoms with Gasteiger partial charge in [0.15, 0.2) is 0 Å². The zero-order valence-corrected chi connectivity index (χ0v) is 14.5. The van der Waals surface area contributed by atoms with Crippen molar-refractivity contribution >= 4 is 23.5 Å². The highest BCUT2D eigenvalue weighted by Crippen LogP contribution is 2.35. The Hall–Kier alpha value is -2.84. The van der Waals surface area contributed by atoms with Crippen molar-refractivity contribution in [3.05, 3.63) is 70.2 Å². The Balaban J connectivity index is 2.37. The summed E-state index contributed by atoms with van der Waals surface area (Å²) in [5.41, 5.74) is 0.121. The largest absolute Gasteiger partial charge is 0.481 e. The molecule has 0 radical (unpaired) electrons. The number of carboxylic acid groups (broad SMARTS) is 1. The molecule has 0 saturated carbocycles. The zero-order chi connectivity index (χ0) is 18.6. The van der Waals surface area contributed by atoms with Crippen molar-refractivity contribution in [2.24, 2.45) is 5.41 Å². The smallest absolute Gasteiger partial charge is 0.311 e. The van der Waals surface area contributed by atoms with Gasteiger partial charge < -0.3 is 10.4 Å². The van der Waals surface area contributed by atoms with Crippen molar-refractivity contribution in [3.63, 3.8) is 0 Å². The summed E-state index contributed by atoms with van der Waals surface area (Å²) in [4.78, 5) is 24.3. The molecular weight excluding hydrogens is 340 g/mol. The van der Waals surface area contributed by atoms with E-state index in [-0.39, 0.29) is 0 Å². The van der Waals surface area contributed by atoms with Gasteiger partial charge >= 0.3 is 5.97 Å². The summed E-state index contributed by atoms with van der Waals surface area (Å²) in [5, 5.41) is 21.6. The summed E-state index contributed by atoms with van der Waals surface area (Å²) in [6.45, 7) is 3.08. The van der Waals surface area contributed by atoms with Crippen molar-refractivity contribution in [1.82, 2.24) is 5.32 Å². The van der Waals surface area contributed by atoms with Crippen LogP contribution in [-0.2, 0) is 4.79 Å².